The van der Waals surface area contributed by atoms with Crippen molar-refractivity contribution >= 4 is 11.8 Å². The fraction of sp³-hybridized carbons (Fsp3) is 0.273. The Morgan fingerprint density at radius 2 is 1.81 bits per heavy atom. The smallest absolute Gasteiger partial charge is 0.257 e. The minimum atomic E-state index is -0.201. The quantitative estimate of drug-likeness (QED) is 0.515. The van der Waals surface area contributed by atoms with Crippen LogP contribution in [0.1, 0.15) is 28.4 Å². The van der Waals surface area contributed by atoms with E-state index >= 15 is 0 Å². The number of hydrogen-bond donors (Lipinski definition) is 2. The maximum atomic E-state index is 12.5. The maximum Gasteiger partial charge on any atom is 0.257 e. The average molecular weight is 423 g/mol. The summed E-state index contributed by atoms with van der Waals surface area (Å²) < 4.78 is 12.6. The molecule has 2 N–H and O–H groups in total. The summed E-state index contributed by atoms with van der Waals surface area (Å²) in [7, 11) is 1.53. The van der Waals surface area contributed by atoms with Crippen molar-refractivity contribution in [3.8, 4) is 11.5 Å². The van der Waals surface area contributed by atoms with Gasteiger partial charge in [-0.3, -0.25) is 9.59 Å². The molecule has 1 heterocycles. The molecule has 0 bridgehead atoms. The molecule has 0 atom stereocenters. The molecule has 0 aliphatic rings. The Bertz CT molecular complexity index is 1000. The van der Waals surface area contributed by atoms with Gasteiger partial charge in [0.25, 0.3) is 11.8 Å². The molecular weight excluding hydrogens is 398 g/mol. The van der Waals surface area contributed by atoms with Crippen molar-refractivity contribution in [1.82, 2.24) is 25.4 Å². The topological polar surface area (TPSA) is 107 Å². The zero-order chi connectivity index (χ0) is 22.1. The van der Waals surface area contributed by atoms with Gasteiger partial charge in [-0.1, -0.05) is 18.2 Å². The first-order chi connectivity index (χ1) is 15.1. The molecular formula is C22H25N5O4. The lowest BCUT2D eigenvalue weighted by atomic mass is 10.1. The first-order valence-corrected chi connectivity index (χ1v) is 9.85. The van der Waals surface area contributed by atoms with E-state index in [2.05, 4.69) is 20.7 Å². The first kappa shape index (κ1) is 21.8. The van der Waals surface area contributed by atoms with Crippen LogP contribution in [-0.4, -0.2) is 46.8 Å². The zero-order valence-corrected chi connectivity index (χ0v) is 17.5. The third kappa shape index (κ3) is 6.30. The van der Waals surface area contributed by atoms with Gasteiger partial charge in [-0.05, 0) is 42.3 Å². The Morgan fingerprint density at radius 1 is 1.03 bits per heavy atom. The predicted molar refractivity (Wildman–Crippen MR) is 114 cm³/mol. The molecule has 0 aliphatic heterocycles. The van der Waals surface area contributed by atoms with Crippen LogP contribution < -0.4 is 20.1 Å². The van der Waals surface area contributed by atoms with Crippen LogP contribution in [0.2, 0.25) is 0 Å². The number of rotatable bonds is 10. The molecule has 3 rings (SSSR count). The molecule has 3 aromatic rings. The number of nitrogens with zero attached hydrogens (tertiary/aromatic N) is 3. The van der Waals surface area contributed by atoms with E-state index in [1.54, 1.807) is 35.3 Å². The molecule has 31 heavy (non-hydrogen) atoms. The van der Waals surface area contributed by atoms with Crippen LogP contribution in [0.25, 0.3) is 0 Å². The van der Waals surface area contributed by atoms with Gasteiger partial charge in [-0.2, -0.15) is 5.10 Å². The van der Waals surface area contributed by atoms with E-state index in [-0.39, 0.29) is 18.4 Å². The maximum absolute atomic E-state index is 12.5. The normalized spacial score (nSPS) is 10.4. The SMILES string of the molecule is CCNC(=O)COc1ccc(CNC(=O)c2ccc(Cn3cncn3)cc2)cc1OC. The van der Waals surface area contributed by atoms with Crippen LogP contribution in [0.15, 0.2) is 55.1 Å². The lowest BCUT2D eigenvalue weighted by Gasteiger charge is -2.12. The van der Waals surface area contributed by atoms with Gasteiger partial charge < -0.3 is 20.1 Å². The summed E-state index contributed by atoms with van der Waals surface area (Å²) in [6, 6.07) is 12.6. The Labute approximate surface area is 180 Å². The standard InChI is InChI=1S/C22H25N5O4/c1-3-24-21(28)13-31-19-9-6-17(10-20(19)30-2)11-25-22(29)18-7-4-16(5-8-18)12-27-15-23-14-26-27/h4-10,14-15H,3,11-13H2,1-2H3,(H,24,28)(H,25,29). The number of hydrogen-bond acceptors (Lipinski definition) is 6. The summed E-state index contributed by atoms with van der Waals surface area (Å²) in [5.41, 5.74) is 2.43. The number of methoxy groups -OCH3 is 1. The molecule has 0 spiro atoms. The summed E-state index contributed by atoms with van der Waals surface area (Å²) in [6.45, 7) is 3.22. The summed E-state index contributed by atoms with van der Waals surface area (Å²) in [4.78, 5) is 27.9. The van der Waals surface area contributed by atoms with Gasteiger partial charge in [0, 0.05) is 18.7 Å². The molecule has 9 heteroatoms. The van der Waals surface area contributed by atoms with Crippen LogP contribution in [0, 0.1) is 0 Å². The number of ether oxygens (including phenoxy) is 2. The summed E-state index contributed by atoms with van der Waals surface area (Å²) >= 11 is 0. The average Bonchev–Trinajstić information content (AvgIpc) is 3.30. The second kappa shape index (κ2) is 10.8. The van der Waals surface area contributed by atoms with Gasteiger partial charge in [0.1, 0.15) is 12.7 Å². The lowest BCUT2D eigenvalue weighted by Crippen LogP contribution is -2.28. The van der Waals surface area contributed by atoms with E-state index in [0.717, 1.165) is 11.1 Å². The van der Waals surface area contributed by atoms with E-state index in [4.69, 9.17) is 9.47 Å². The second-order valence-corrected chi connectivity index (χ2v) is 6.70. The number of benzene rings is 2. The van der Waals surface area contributed by atoms with Crippen molar-refractivity contribution in [2.24, 2.45) is 0 Å². The van der Waals surface area contributed by atoms with Gasteiger partial charge in [0.15, 0.2) is 18.1 Å². The third-order valence-electron chi connectivity index (χ3n) is 4.44. The van der Waals surface area contributed by atoms with Crippen LogP contribution in [0.4, 0.5) is 0 Å². The zero-order valence-electron chi connectivity index (χ0n) is 17.5. The Hall–Kier alpha value is -3.88. The molecule has 162 valence electrons. The van der Waals surface area contributed by atoms with E-state index in [1.165, 1.54) is 13.4 Å². The van der Waals surface area contributed by atoms with E-state index < -0.39 is 0 Å². The minimum Gasteiger partial charge on any atom is -0.493 e. The number of nitrogens with one attached hydrogen (secondary N) is 2. The van der Waals surface area contributed by atoms with Crippen LogP contribution >= 0.6 is 0 Å². The van der Waals surface area contributed by atoms with Gasteiger partial charge in [-0.15, -0.1) is 0 Å². The van der Waals surface area contributed by atoms with Gasteiger partial charge in [-0.25, -0.2) is 9.67 Å². The Morgan fingerprint density at radius 3 is 2.48 bits per heavy atom. The number of aromatic nitrogens is 3. The van der Waals surface area contributed by atoms with Crippen LogP contribution in [-0.2, 0) is 17.9 Å². The fourth-order valence-corrected chi connectivity index (χ4v) is 2.88. The number of amides is 2. The molecule has 2 amide bonds. The molecule has 9 nitrogen and oxygen atoms in total. The molecule has 0 fully saturated rings. The van der Waals surface area contributed by atoms with Crippen LogP contribution in [0.3, 0.4) is 0 Å². The van der Waals surface area contributed by atoms with Gasteiger partial charge in [0.2, 0.25) is 0 Å². The van der Waals surface area contributed by atoms with Crippen molar-refractivity contribution in [3.05, 3.63) is 71.8 Å². The van der Waals surface area contributed by atoms with Gasteiger partial charge in [0.05, 0.1) is 13.7 Å². The molecule has 1 aromatic heterocycles. The molecule has 2 aromatic carbocycles. The molecule has 0 saturated heterocycles. The van der Waals surface area contributed by atoms with Gasteiger partial charge >= 0.3 is 0 Å². The molecule has 0 aliphatic carbocycles. The first-order valence-electron chi connectivity index (χ1n) is 9.85. The highest BCUT2D eigenvalue weighted by molar-refractivity contribution is 5.94. The minimum absolute atomic E-state index is 0.0901. The number of likely N-dealkylation sites (N-methyl/N-ethyl adjacent to an activating group) is 1. The highest BCUT2D eigenvalue weighted by Crippen LogP contribution is 2.28. The van der Waals surface area contributed by atoms with Crippen molar-refractivity contribution in [2.45, 2.75) is 20.0 Å². The molecule has 0 unspecified atom stereocenters. The molecule has 0 radical (unpaired) electrons. The van der Waals surface area contributed by atoms with Crippen molar-refractivity contribution in [1.29, 1.82) is 0 Å². The highest BCUT2D eigenvalue weighted by atomic mass is 16.5. The summed E-state index contributed by atoms with van der Waals surface area (Å²) in [5.74, 6) is 0.580. The summed E-state index contributed by atoms with van der Waals surface area (Å²) in [6.07, 6.45) is 3.13. The van der Waals surface area contributed by atoms with Crippen molar-refractivity contribution < 1.29 is 19.1 Å². The highest BCUT2D eigenvalue weighted by Gasteiger charge is 2.10. The van der Waals surface area contributed by atoms with E-state index in [1.807, 2.05) is 25.1 Å². The fourth-order valence-electron chi connectivity index (χ4n) is 2.88. The predicted octanol–water partition coefficient (Wildman–Crippen LogP) is 1.78. The molecule has 0 saturated carbocycles. The Balaban J connectivity index is 1.55. The monoisotopic (exact) mass is 423 g/mol. The lowest BCUT2D eigenvalue weighted by molar-refractivity contribution is -0.123. The van der Waals surface area contributed by atoms with Crippen molar-refractivity contribution in [3.63, 3.8) is 0 Å². The number of carbonyl (C=O) groups is 2. The second-order valence-electron chi connectivity index (χ2n) is 6.70. The van der Waals surface area contributed by atoms with Crippen LogP contribution in [0.5, 0.6) is 11.5 Å². The van der Waals surface area contributed by atoms with E-state index in [9.17, 15) is 9.59 Å². The third-order valence-corrected chi connectivity index (χ3v) is 4.44. The number of carbonyl (C=O) groups excluding carboxylic acids is 2. The largest absolute Gasteiger partial charge is 0.493 e. The van der Waals surface area contributed by atoms with Crippen molar-refractivity contribution in [2.75, 3.05) is 20.3 Å². The summed E-state index contributed by atoms with van der Waals surface area (Å²) in [5, 5.41) is 9.63. The van der Waals surface area contributed by atoms with E-state index in [0.29, 0.717) is 36.7 Å². The Kier molecular flexibility index (Phi) is 7.58.